The van der Waals surface area contributed by atoms with Crippen molar-refractivity contribution in [2.24, 2.45) is 0 Å². The Kier molecular flexibility index (Phi) is 7.32. The molecule has 0 aliphatic heterocycles. The monoisotopic (exact) mass is 345 g/mol. The maximum Gasteiger partial charge on any atom is 0.226 e. The third-order valence-corrected chi connectivity index (χ3v) is 4.97. The quantitative estimate of drug-likeness (QED) is 0.573. The van der Waals surface area contributed by atoms with Crippen molar-refractivity contribution in [1.82, 2.24) is 0 Å². The molecule has 1 aromatic carbocycles. The van der Waals surface area contributed by atoms with Gasteiger partial charge in [0.2, 0.25) is 5.91 Å². The Morgan fingerprint density at radius 2 is 2.04 bits per heavy atom. The molecule has 130 valence electrons. The molecular weight excluding hydrogens is 318 g/mol. The normalized spacial score (nSPS) is 12.0. The van der Waals surface area contributed by atoms with E-state index < -0.39 is 0 Å². The zero-order chi connectivity index (χ0) is 17.4. The van der Waals surface area contributed by atoms with E-state index in [4.69, 9.17) is 4.74 Å². The van der Waals surface area contributed by atoms with Crippen molar-refractivity contribution >= 4 is 22.9 Å². The van der Waals surface area contributed by atoms with Gasteiger partial charge in [0.25, 0.3) is 0 Å². The van der Waals surface area contributed by atoms with E-state index in [9.17, 15) is 4.79 Å². The maximum atomic E-state index is 12.1. The van der Waals surface area contributed by atoms with Crippen molar-refractivity contribution in [3.8, 4) is 5.75 Å². The average molecular weight is 346 g/mol. The molecule has 0 N–H and O–H groups in total. The Balaban J connectivity index is 2.13. The van der Waals surface area contributed by atoms with Gasteiger partial charge in [-0.25, -0.2) is 0 Å². The van der Waals surface area contributed by atoms with Crippen LogP contribution in [0.25, 0.3) is 0 Å². The van der Waals surface area contributed by atoms with Crippen LogP contribution >= 0.6 is 11.3 Å². The second-order valence-corrected chi connectivity index (χ2v) is 6.94. The maximum absolute atomic E-state index is 12.1. The number of ether oxygens (including phenoxy) is 1. The number of anilines is 1. The van der Waals surface area contributed by atoms with Crippen molar-refractivity contribution in [1.29, 1.82) is 0 Å². The molecule has 1 aromatic heterocycles. The summed E-state index contributed by atoms with van der Waals surface area (Å²) >= 11 is 1.73. The SMILES string of the molecule is CCCCC(Oc1cccc(N(C)C(=O)CCC)c1)c1cccs1. The van der Waals surface area contributed by atoms with Crippen molar-refractivity contribution in [2.75, 3.05) is 11.9 Å². The lowest BCUT2D eigenvalue weighted by Gasteiger charge is -2.21. The lowest BCUT2D eigenvalue weighted by atomic mass is 10.1. The van der Waals surface area contributed by atoms with Crippen LogP contribution in [0.4, 0.5) is 5.69 Å². The standard InChI is InChI=1S/C20H27NO2S/c1-4-6-12-18(19-13-8-14-24-19)23-17-11-7-10-16(15-17)21(3)20(22)9-5-2/h7-8,10-11,13-15,18H,4-6,9,12H2,1-3H3. The van der Waals surface area contributed by atoms with Gasteiger partial charge in [-0.05, 0) is 42.8 Å². The summed E-state index contributed by atoms with van der Waals surface area (Å²) < 4.78 is 6.26. The molecule has 1 atom stereocenters. The smallest absolute Gasteiger partial charge is 0.226 e. The fourth-order valence-electron chi connectivity index (χ4n) is 2.58. The van der Waals surface area contributed by atoms with Crippen LogP contribution in [0.1, 0.15) is 56.9 Å². The fourth-order valence-corrected chi connectivity index (χ4v) is 3.37. The van der Waals surface area contributed by atoms with Crippen LogP contribution < -0.4 is 9.64 Å². The minimum Gasteiger partial charge on any atom is -0.485 e. The molecular formula is C20H27NO2S. The molecule has 1 heterocycles. The van der Waals surface area contributed by atoms with Gasteiger partial charge in [0.05, 0.1) is 0 Å². The molecule has 24 heavy (non-hydrogen) atoms. The molecule has 0 bridgehead atoms. The molecule has 0 saturated heterocycles. The first kappa shape index (κ1) is 18.5. The van der Waals surface area contributed by atoms with Crippen LogP contribution in [0.15, 0.2) is 41.8 Å². The van der Waals surface area contributed by atoms with E-state index in [1.54, 1.807) is 16.2 Å². The highest BCUT2D eigenvalue weighted by Gasteiger charge is 2.16. The van der Waals surface area contributed by atoms with Gasteiger partial charge in [-0.2, -0.15) is 0 Å². The Morgan fingerprint density at radius 3 is 2.71 bits per heavy atom. The van der Waals surface area contributed by atoms with Crippen LogP contribution in [0.5, 0.6) is 5.75 Å². The Hall–Kier alpha value is -1.81. The minimum atomic E-state index is 0.0804. The van der Waals surface area contributed by atoms with E-state index in [1.807, 2.05) is 38.2 Å². The van der Waals surface area contributed by atoms with Crippen molar-refractivity contribution < 1.29 is 9.53 Å². The molecule has 0 aliphatic rings. The van der Waals surface area contributed by atoms with E-state index in [2.05, 4.69) is 24.4 Å². The lowest BCUT2D eigenvalue weighted by Crippen LogP contribution is -2.25. The van der Waals surface area contributed by atoms with Gasteiger partial charge in [0.15, 0.2) is 0 Å². The van der Waals surface area contributed by atoms with Gasteiger partial charge < -0.3 is 9.64 Å². The summed E-state index contributed by atoms with van der Waals surface area (Å²) in [6, 6.07) is 12.0. The molecule has 2 aromatic rings. The summed E-state index contributed by atoms with van der Waals surface area (Å²) in [6.45, 7) is 4.21. The van der Waals surface area contributed by atoms with E-state index >= 15 is 0 Å². The largest absolute Gasteiger partial charge is 0.485 e. The average Bonchev–Trinajstić information content (AvgIpc) is 3.13. The fraction of sp³-hybridized carbons (Fsp3) is 0.450. The number of thiophene rings is 1. The van der Waals surface area contributed by atoms with Gasteiger partial charge in [0.1, 0.15) is 11.9 Å². The van der Waals surface area contributed by atoms with Crippen molar-refractivity contribution in [3.63, 3.8) is 0 Å². The van der Waals surface area contributed by atoms with E-state index in [-0.39, 0.29) is 12.0 Å². The zero-order valence-electron chi connectivity index (χ0n) is 14.8. The van der Waals surface area contributed by atoms with Crippen LogP contribution in [-0.4, -0.2) is 13.0 Å². The summed E-state index contributed by atoms with van der Waals surface area (Å²) in [5, 5.41) is 2.09. The number of hydrogen-bond donors (Lipinski definition) is 0. The second-order valence-electron chi connectivity index (χ2n) is 5.96. The van der Waals surface area contributed by atoms with Crippen molar-refractivity contribution in [2.45, 2.75) is 52.1 Å². The first-order chi connectivity index (χ1) is 11.7. The molecule has 0 saturated carbocycles. The van der Waals surface area contributed by atoms with Gasteiger partial charge in [-0.3, -0.25) is 4.79 Å². The summed E-state index contributed by atoms with van der Waals surface area (Å²) in [4.78, 5) is 15.1. The number of benzene rings is 1. The zero-order valence-corrected chi connectivity index (χ0v) is 15.6. The first-order valence-electron chi connectivity index (χ1n) is 8.72. The van der Waals surface area contributed by atoms with E-state index in [1.165, 1.54) is 4.88 Å². The third-order valence-electron chi connectivity index (χ3n) is 4.00. The van der Waals surface area contributed by atoms with Crippen LogP contribution in [0.2, 0.25) is 0 Å². The highest BCUT2D eigenvalue weighted by Crippen LogP contribution is 2.31. The summed E-state index contributed by atoms with van der Waals surface area (Å²) in [5.74, 6) is 0.952. The number of carbonyl (C=O) groups is 1. The molecule has 0 fully saturated rings. The number of rotatable bonds is 9. The molecule has 4 heteroatoms. The molecule has 1 unspecified atom stereocenters. The summed E-state index contributed by atoms with van der Waals surface area (Å²) in [6.07, 6.45) is 4.80. The van der Waals surface area contributed by atoms with Gasteiger partial charge >= 0.3 is 0 Å². The predicted octanol–water partition coefficient (Wildman–Crippen LogP) is 5.82. The predicted molar refractivity (Wildman–Crippen MR) is 102 cm³/mol. The first-order valence-corrected chi connectivity index (χ1v) is 9.60. The number of nitrogens with zero attached hydrogens (tertiary/aromatic N) is 1. The molecule has 1 amide bonds. The molecule has 0 spiro atoms. The topological polar surface area (TPSA) is 29.5 Å². The lowest BCUT2D eigenvalue weighted by molar-refractivity contribution is -0.118. The number of unbranched alkanes of at least 4 members (excludes halogenated alkanes) is 1. The Morgan fingerprint density at radius 1 is 1.21 bits per heavy atom. The van der Waals surface area contributed by atoms with Crippen LogP contribution in [-0.2, 0) is 4.79 Å². The molecule has 3 nitrogen and oxygen atoms in total. The highest BCUT2D eigenvalue weighted by molar-refractivity contribution is 7.10. The van der Waals surface area contributed by atoms with Gasteiger partial charge in [-0.15, -0.1) is 11.3 Å². The third kappa shape index (κ3) is 5.10. The van der Waals surface area contributed by atoms with E-state index in [0.29, 0.717) is 6.42 Å². The van der Waals surface area contributed by atoms with Crippen LogP contribution in [0.3, 0.4) is 0 Å². The number of carbonyl (C=O) groups excluding carboxylic acids is 1. The summed E-state index contributed by atoms with van der Waals surface area (Å²) in [5.41, 5.74) is 0.881. The molecule has 0 aliphatic carbocycles. The molecule has 0 radical (unpaired) electrons. The van der Waals surface area contributed by atoms with Gasteiger partial charge in [0, 0.05) is 30.1 Å². The Labute approximate surface area is 149 Å². The minimum absolute atomic E-state index is 0.0804. The van der Waals surface area contributed by atoms with Gasteiger partial charge in [-0.1, -0.05) is 32.4 Å². The van der Waals surface area contributed by atoms with E-state index in [0.717, 1.165) is 37.1 Å². The number of amides is 1. The Bertz CT molecular complexity index is 624. The number of hydrogen-bond acceptors (Lipinski definition) is 3. The van der Waals surface area contributed by atoms with Crippen molar-refractivity contribution in [3.05, 3.63) is 46.7 Å². The molecule has 2 rings (SSSR count). The van der Waals surface area contributed by atoms with Crippen LogP contribution in [0, 0.1) is 0 Å². The second kappa shape index (κ2) is 9.48. The highest BCUT2D eigenvalue weighted by atomic mass is 32.1. The summed E-state index contributed by atoms with van der Waals surface area (Å²) in [7, 11) is 1.82.